The SMILES string of the molecule is Cc1noc(C)c1CS(C)(=O)=O. The van der Waals surface area contributed by atoms with Gasteiger partial charge >= 0.3 is 0 Å². The van der Waals surface area contributed by atoms with Crippen molar-refractivity contribution in [1.82, 2.24) is 5.16 Å². The van der Waals surface area contributed by atoms with E-state index in [1.807, 2.05) is 0 Å². The highest BCUT2D eigenvalue weighted by molar-refractivity contribution is 7.89. The summed E-state index contributed by atoms with van der Waals surface area (Å²) in [4.78, 5) is 0. The summed E-state index contributed by atoms with van der Waals surface area (Å²) in [5.74, 6) is 0.590. The minimum atomic E-state index is -2.99. The Balaban J connectivity index is 3.04. The smallest absolute Gasteiger partial charge is 0.151 e. The molecular weight excluding hydrogens is 178 g/mol. The molecule has 0 unspecified atom stereocenters. The van der Waals surface area contributed by atoms with Crippen LogP contribution in [0.2, 0.25) is 0 Å². The quantitative estimate of drug-likeness (QED) is 0.691. The third-order valence-electron chi connectivity index (χ3n) is 1.59. The average Bonchev–Trinajstić information content (AvgIpc) is 2.16. The number of hydrogen-bond donors (Lipinski definition) is 0. The lowest BCUT2D eigenvalue weighted by Gasteiger charge is -1.95. The molecule has 1 rings (SSSR count). The first kappa shape index (κ1) is 9.25. The zero-order chi connectivity index (χ0) is 9.35. The van der Waals surface area contributed by atoms with Gasteiger partial charge in [-0.05, 0) is 13.8 Å². The van der Waals surface area contributed by atoms with Crippen molar-refractivity contribution >= 4 is 9.84 Å². The number of hydrogen-bond acceptors (Lipinski definition) is 4. The fourth-order valence-electron chi connectivity index (χ4n) is 0.970. The molecule has 12 heavy (non-hydrogen) atoms. The molecule has 0 atom stereocenters. The fourth-order valence-corrected chi connectivity index (χ4v) is 1.91. The van der Waals surface area contributed by atoms with Crippen molar-refractivity contribution in [3.05, 3.63) is 17.0 Å². The van der Waals surface area contributed by atoms with Crippen LogP contribution < -0.4 is 0 Å². The second kappa shape index (κ2) is 2.90. The van der Waals surface area contributed by atoms with Gasteiger partial charge in [0.25, 0.3) is 0 Å². The molecule has 0 aliphatic rings. The van der Waals surface area contributed by atoms with Gasteiger partial charge in [-0.15, -0.1) is 0 Å². The summed E-state index contributed by atoms with van der Waals surface area (Å²) < 4.78 is 26.7. The van der Waals surface area contributed by atoms with Crippen molar-refractivity contribution in [2.45, 2.75) is 19.6 Å². The van der Waals surface area contributed by atoms with Crippen molar-refractivity contribution in [3.8, 4) is 0 Å². The molecule has 0 saturated heterocycles. The topological polar surface area (TPSA) is 60.2 Å². The molecule has 1 heterocycles. The summed E-state index contributed by atoms with van der Waals surface area (Å²) >= 11 is 0. The lowest BCUT2D eigenvalue weighted by atomic mass is 10.2. The summed E-state index contributed by atoms with van der Waals surface area (Å²) in [6.45, 7) is 3.44. The van der Waals surface area contributed by atoms with Crippen molar-refractivity contribution in [2.24, 2.45) is 0 Å². The number of aromatic nitrogens is 1. The summed E-state index contributed by atoms with van der Waals surface area (Å²) in [6.07, 6.45) is 1.19. The van der Waals surface area contributed by atoms with Crippen LogP contribution in [0, 0.1) is 13.8 Å². The summed E-state index contributed by atoms with van der Waals surface area (Å²) in [5.41, 5.74) is 1.33. The van der Waals surface area contributed by atoms with Gasteiger partial charge in [-0.3, -0.25) is 0 Å². The molecule has 1 aromatic heterocycles. The second-order valence-corrected chi connectivity index (χ2v) is 5.01. The number of nitrogens with zero attached hydrogens (tertiary/aromatic N) is 1. The van der Waals surface area contributed by atoms with Crippen LogP contribution in [0.3, 0.4) is 0 Å². The van der Waals surface area contributed by atoms with E-state index in [0.717, 1.165) is 0 Å². The summed E-state index contributed by atoms with van der Waals surface area (Å²) in [5, 5.41) is 3.66. The number of rotatable bonds is 2. The maximum Gasteiger partial charge on any atom is 0.151 e. The molecule has 0 spiro atoms. The maximum atomic E-state index is 10.9. The number of aryl methyl sites for hydroxylation is 2. The van der Waals surface area contributed by atoms with Crippen LogP contribution in [-0.4, -0.2) is 19.8 Å². The largest absolute Gasteiger partial charge is 0.361 e. The molecule has 0 fully saturated rings. The molecule has 0 aliphatic carbocycles. The van der Waals surface area contributed by atoms with Crippen LogP contribution in [0.25, 0.3) is 0 Å². The predicted molar refractivity (Wildman–Crippen MR) is 44.5 cm³/mol. The van der Waals surface area contributed by atoms with E-state index in [0.29, 0.717) is 17.0 Å². The monoisotopic (exact) mass is 189 g/mol. The van der Waals surface area contributed by atoms with Crippen molar-refractivity contribution < 1.29 is 12.9 Å². The van der Waals surface area contributed by atoms with Crippen LogP contribution in [0.1, 0.15) is 17.0 Å². The minimum absolute atomic E-state index is 0.00810. The Bertz CT molecular complexity index is 358. The van der Waals surface area contributed by atoms with E-state index < -0.39 is 9.84 Å². The molecule has 0 bridgehead atoms. The van der Waals surface area contributed by atoms with Crippen LogP contribution in [0.15, 0.2) is 4.52 Å². The lowest BCUT2D eigenvalue weighted by Crippen LogP contribution is -2.02. The van der Waals surface area contributed by atoms with E-state index in [-0.39, 0.29) is 5.75 Å². The summed E-state index contributed by atoms with van der Waals surface area (Å²) in [6, 6.07) is 0. The van der Waals surface area contributed by atoms with Gasteiger partial charge in [0.1, 0.15) is 5.76 Å². The van der Waals surface area contributed by atoms with Crippen molar-refractivity contribution in [2.75, 3.05) is 6.26 Å². The molecule has 0 aromatic carbocycles. The van der Waals surface area contributed by atoms with Gasteiger partial charge in [0, 0.05) is 11.8 Å². The molecule has 5 heteroatoms. The fraction of sp³-hybridized carbons (Fsp3) is 0.571. The van der Waals surface area contributed by atoms with Gasteiger partial charge in [-0.1, -0.05) is 5.16 Å². The first-order chi connectivity index (χ1) is 5.40. The minimum Gasteiger partial charge on any atom is -0.361 e. The average molecular weight is 189 g/mol. The van der Waals surface area contributed by atoms with Gasteiger partial charge in [0.15, 0.2) is 9.84 Å². The zero-order valence-electron chi connectivity index (χ0n) is 7.29. The van der Waals surface area contributed by atoms with Gasteiger partial charge in [0.05, 0.1) is 11.4 Å². The van der Waals surface area contributed by atoms with E-state index >= 15 is 0 Å². The van der Waals surface area contributed by atoms with E-state index in [1.54, 1.807) is 13.8 Å². The van der Waals surface area contributed by atoms with Crippen LogP contribution >= 0.6 is 0 Å². The molecule has 0 amide bonds. The molecular formula is C7H11NO3S. The Hall–Kier alpha value is -0.840. The second-order valence-electron chi connectivity index (χ2n) is 2.87. The van der Waals surface area contributed by atoms with Crippen molar-refractivity contribution in [3.63, 3.8) is 0 Å². The van der Waals surface area contributed by atoms with Gasteiger partial charge in [0.2, 0.25) is 0 Å². The number of sulfone groups is 1. The van der Waals surface area contributed by atoms with Crippen LogP contribution in [0.4, 0.5) is 0 Å². The third kappa shape index (κ3) is 2.07. The third-order valence-corrected chi connectivity index (χ3v) is 2.40. The van der Waals surface area contributed by atoms with Crippen LogP contribution in [-0.2, 0) is 15.6 Å². The van der Waals surface area contributed by atoms with Gasteiger partial charge in [-0.2, -0.15) is 0 Å². The van der Waals surface area contributed by atoms with Gasteiger partial charge in [-0.25, -0.2) is 8.42 Å². The Morgan fingerprint density at radius 2 is 2.00 bits per heavy atom. The molecule has 0 aliphatic heterocycles. The maximum absolute atomic E-state index is 10.9. The molecule has 4 nitrogen and oxygen atoms in total. The van der Waals surface area contributed by atoms with E-state index in [1.165, 1.54) is 6.26 Å². The highest BCUT2D eigenvalue weighted by Gasteiger charge is 2.13. The Kier molecular flexibility index (Phi) is 2.23. The Labute approximate surface area is 71.5 Å². The lowest BCUT2D eigenvalue weighted by molar-refractivity contribution is 0.392. The van der Waals surface area contributed by atoms with E-state index in [2.05, 4.69) is 5.16 Å². The molecule has 0 saturated carbocycles. The molecule has 0 N–H and O–H groups in total. The van der Waals surface area contributed by atoms with E-state index in [4.69, 9.17) is 4.52 Å². The predicted octanol–water partition coefficient (Wildman–Crippen LogP) is 0.836. The molecule has 0 radical (unpaired) electrons. The van der Waals surface area contributed by atoms with Crippen LogP contribution in [0.5, 0.6) is 0 Å². The normalized spacial score (nSPS) is 11.9. The Morgan fingerprint density at radius 3 is 2.33 bits per heavy atom. The highest BCUT2D eigenvalue weighted by atomic mass is 32.2. The van der Waals surface area contributed by atoms with E-state index in [9.17, 15) is 8.42 Å². The highest BCUT2D eigenvalue weighted by Crippen LogP contribution is 2.14. The standard InChI is InChI=1S/C7H11NO3S/c1-5-7(4-12(3,9)10)6(2)11-8-5/h4H2,1-3H3. The Morgan fingerprint density at radius 1 is 1.42 bits per heavy atom. The summed E-state index contributed by atoms with van der Waals surface area (Å²) in [7, 11) is -2.99. The van der Waals surface area contributed by atoms with Gasteiger partial charge < -0.3 is 4.52 Å². The molecule has 68 valence electrons. The first-order valence-corrected chi connectivity index (χ1v) is 5.55. The zero-order valence-corrected chi connectivity index (χ0v) is 8.10. The van der Waals surface area contributed by atoms with Crippen molar-refractivity contribution in [1.29, 1.82) is 0 Å². The first-order valence-electron chi connectivity index (χ1n) is 3.49. The molecule has 1 aromatic rings.